The Bertz CT molecular complexity index is 951. The number of aromatic amines is 2. The normalized spacial score (nSPS) is 32.5. The van der Waals surface area contributed by atoms with E-state index in [1.165, 1.54) is 61.1 Å². The Morgan fingerprint density at radius 3 is 2.73 bits per heavy atom. The third-order valence-electron chi connectivity index (χ3n) is 7.62. The van der Waals surface area contributed by atoms with Crippen LogP contribution in [-0.4, -0.2) is 27.5 Å². The summed E-state index contributed by atoms with van der Waals surface area (Å²) in [7, 11) is 0. The monoisotopic (exact) mass is 405 g/mol. The quantitative estimate of drug-likeness (QED) is 0.576. The molecule has 1 fully saturated rings. The van der Waals surface area contributed by atoms with Crippen LogP contribution in [0.2, 0.25) is 0 Å². The van der Waals surface area contributed by atoms with E-state index >= 15 is 0 Å². The van der Waals surface area contributed by atoms with Crippen LogP contribution in [0.5, 0.6) is 0 Å². The highest BCUT2D eigenvalue weighted by Gasteiger charge is 2.54. The van der Waals surface area contributed by atoms with Crippen LogP contribution in [0.4, 0.5) is 0 Å². The fraction of sp³-hybridized carbons (Fsp3) is 0.577. The Kier molecular flexibility index (Phi) is 5.22. The van der Waals surface area contributed by atoms with Crippen molar-refractivity contribution in [3.05, 3.63) is 58.7 Å². The van der Waals surface area contributed by atoms with Gasteiger partial charge >= 0.3 is 0 Å². The molecule has 0 aromatic carbocycles. The van der Waals surface area contributed by atoms with E-state index in [4.69, 9.17) is 9.73 Å². The number of hydrogen-bond acceptors (Lipinski definition) is 2. The molecule has 1 spiro atoms. The minimum absolute atomic E-state index is 0.211. The van der Waals surface area contributed by atoms with E-state index < -0.39 is 5.72 Å². The molecule has 0 saturated carbocycles. The SMILES string of the molecule is CC1=C(C)C2(N=C1c1ccc[nH]1)OC(C)C[C@@H]1CCCCCCCc3ccc([nH]3)[C@H]12. The summed E-state index contributed by atoms with van der Waals surface area (Å²) in [6, 6.07) is 8.78. The molecular weight excluding hydrogens is 370 g/mol. The van der Waals surface area contributed by atoms with Crippen LogP contribution in [0.3, 0.4) is 0 Å². The van der Waals surface area contributed by atoms with Crippen molar-refractivity contribution in [2.24, 2.45) is 10.9 Å². The number of H-pyrrole nitrogens is 2. The number of ether oxygens (including phenoxy) is 1. The highest BCUT2D eigenvalue weighted by atomic mass is 16.5. The van der Waals surface area contributed by atoms with E-state index in [9.17, 15) is 0 Å². The Labute approximate surface area is 180 Å². The summed E-state index contributed by atoms with van der Waals surface area (Å²) < 4.78 is 6.83. The summed E-state index contributed by atoms with van der Waals surface area (Å²) in [5, 5.41) is 0. The zero-order valence-electron chi connectivity index (χ0n) is 18.6. The van der Waals surface area contributed by atoms with E-state index in [1.807, 2.05) is 12.3 Å². The van der Waals surface area contributed by atoms with E-state index in [1.54, 1.807) is 0 Å². The molecule has 3 aliphatic rings. The van der Waals surface area contributed by atoms with Crippen molar-refractivity contribution in [3.63, 3.8) is 0 Å². The lowest BCUT2D eigenvalue weighted by molar-refractivity contribution is -0.129. The molecular formula is C26H35N3O. The molecule has 0 aliphatic carbocycles. The molecule has 4 nitrogen and oxygen atoms in total. The molecule has 5 heterocycles. The van der Waals surface area contributed by atoms with Gasteiger partial charge in [-0.3, -0.25) is 0 Å². The Morgan fingerprint density at radius 1 is 1.07 bits per heavy atom. The predicted octanol–water partition coefficient (Wildman–Crippen LogP) is 6.28. The van der Waals surface area contributed by atoms with Crippen molar-refractivity contribution >= 4 is 5.71 Å². The Hall–Kier alpha value is -2.07. The first-order valence-electron chi connectivity index (χ1n) is 11.9. The van der Waals surface area contributed by atoms with Crippen molar-refractivity contribution in [2.45, 2.75) is 89.9 Å². The highest BCUT2D eigenvalue weighted by molar-refractivity contribution is 6.13. The van der Waals surface area contributed by atoms with Crippen LogP contribution in [-0.2, 0) is 11.2 Å². The van der Waals surface area contributed by atoms with Gasteiger partial charge in [0.25, 0.3) is 0 Å². The van der Waals surface area contributed by atoms with E-state index in [2.05, 4.69) is 48.9 Å². The number of aliphatic imine (C=N–C) groups is 1. The van der Waals surface area contributed by atoms with E-state index in [-0.39, 0.29) is 12.0 Å². The van der Waals surface area contributed by atoms with Gasteiger partial charge in [-0.05, 0) is 87.8 Å². The first kappa shape index (κ1) is 19.9. The molecule has 4 atom stereocenters. The van der Waals surface area contributed by atoms with Gasteiger partial charge in [-0.25, -0.2) is 4.99 Å². The number of fused-ring (bicyclic) bond motifs is 5. The number of aryl methyl sites for hydroxylation is 1. The maximum absolute atomic E-state index is 6.83. The number of allylic oxidation sites excluding steroid dienone is 1. The van der Waals surface area contributed by atoms with Gasteiger partial charge in [0.15, 0.2) is 5.72 Å². The largest absolute Gasteiger partial charge is 0.362 e. The molecule has 3 aliphatic heterocycles. The van der Waals surface area contributed by atoms with Crippen LogP contribution < -0.4 is 0 Å². The molecule has 2 aromatic heterocycles. The van der Waals surface area contributed by atoms with Crippen molar-refractivity contribution in [3.8, 4) is 0 Å². The van der Waals surface area contributed by atoms with Crippen LogP contribution in [0.25, 0.3) is 0 Å². The lowest BCUT2D eigenvalue weighted by Gasteiger charge is -2.47. The summed E-state index contributed by atoms with van der Waals surface area (Å²) in [4.78, 5) is 12.6. The molecule has 2 unspecified atom stereocenters. The van der Waals surface area contributed by atoms with Gasteiger partial charge in [0.1, 0.15) is 0 Å². The third-order valence-corrected chi connectivity index (χ3v) is 7.62. The van der Waals surface area contributed by atoms with Crippen molar-refractivity contribution in [1.29, 1.82) is 0 Å². The lowest BCUT2D eigenvalue weighted by Crippen LogP contribution is -2.49. The van der Waals surface area contributed by atoms with Gasteiger partial charge in [0.05, 0.1) is 23.4 Å². The summed E-state index contributed by atoms with van der Waals surface area (Å²) in [6.07, 6.45) is 12.3. The Balaban J connectivity index is 1.64. The van der Waals surface area contributed by atoms with Crippen molar-refractivity contribution in [2.75, 3.05) is 0 Å². The molecule has 5 rings (SSSR count). The van der Waals surface area contributed by atoms with Crippen LogP contribution in [0, 0.1) is 5.92 Å². The molecule has 2 N–H and O–H groups in total. The highest BCUT2D eigenvalue weighted by Crippen LogP contribution is 2.54. The van der Waals surface area contributed by atoms with Crippen molar-refractivity contribution < 1.29 is 4.74 Å². The maximum atomic E-state index is 6.83. The number of nitrogens with zero attached hydrogens (tertiary/aromatic N) is 1. The number of aromatic nitrogens is 2. The maximum Gasteiger partial charge on any atom is 0.190 e. The first-order valence-corrected chi connectivity index (χ1v) is 11.9. The Morgan fingerprint density at radius 2 is 1.90 bits per heavy atom. The minimum Gasteiger partial charge on any atom is -0.362 e. The van der Waals surface area contributed by atoms with Crippen molar-refractivity contribution in [1.82, 2.24) is 9.97 Å². The topological polar surface area (TPSA) is 53.2 Å². The number of hydrogen-bond donors (Lipinski definition) is 2. The zero-order chi connectivity index (χ0) is 20.7. The average Bonchev–Trinajstić information content (AvgIpc) is 3.45. The zero-order valence-corrected chi connectivity index (χ0v) is 18.6. The van der Waals surface area contributed by atoms with Gasteiger partial charge in [0.2, 0.25) is 0 Å². The van der Waals surface area contributed by atoms with E-state index in [0.717, 1.165) is 24.2 Å². The molecule has 2 bridgehead atoms. The second-order valence-electron chi connectivity index (χ2n) is 9.64. The fourth-order valence-electron chi connectivity index (χ4n) is 6.04. The molecule has 0 amide bonds. The van der Waals surface area contributed by atoms with E-state index in [0.29, 0.717) is 5.92 Å². The fourth-order valence-corrected chi connectivity index (χ4v) is 6.04. The van der Waals surface area contributed by atoms with Crippen LogP contribution in [0.1, 0.15) is 88.7 Å². The van der Waals surface area contributed by atoms with Gasteiger partial charge in [0, 0.05) is 17.6 Å². The molecule has 4 heteroatoms. The minimum atomic E-state index is -0.598. The average molecular weight is 406 g/mol. The molecule has 1 saturated heterocycles. The second kappa shape index (κ2) is 7.88. The standard InChI is InChI=1S/C26H35N3O/c1-17-16-20-10-7-5-4-6-8-11-21-13-14-22(28-21)24(20)26(30-17)19(3)18(2)25(29-26)23-12-9-15-27-23/h9,12-15,17,20,24,27-28H,4-8,10-11,16H2,1-3H3/t17?,20-,24-,26?/m0/s1. The van der Waals surface area contributed by atoms with Crippen LogP contribution >= 0.6 is 0 Å². The molecule has 160 valence electrons. The predicted molar refractivity (Wildman–Crippen MR) is 122 cm³/mol. The van der Waals surface area contributed by atoms with Gasteiger partial charge in [-0.1, -0.05) is 25.7 Å². The molecule has 0 radical (unpaired) electrons. The molecule has 2 aromatic rings. The lowest BCUT2D eigenvalue weighted by atomic mass is 9.71. The second-order valence-corrected chi connectivity index (χ2v) is 9.64. The number of rotatable bonds is 1. The molecule has 30 heavy (non-hydrogen) atoms. The van der Waals surface area contributed by atoms with Gasteiger partial charge in [-0.2, -0.15) is 0 Å². The first-order chi connectivity index (χ1) is 14.6. The summed E-state index contributed by atoms with van der Waals surface area (Å²) in [5.41, 5.74) is 6.75. The summed E-state index contributed by atoms with van der Waals surface area (Å²) >= 11 is 0. The van der Waals surface area contributed by atoms with Crippen LogP contribution in [0.15, 0.2) is 46.6 Å². The third kappa shape index (κ3) is 3.30. The van der Waals surface area contributed by atoms with Gasteiger partial charge in [-0.15, -0.1) is 0 Å². The summed E-state index contributed by atoms with van der Waals surface area (Å²) in [6.45, 7) is 6.68. The number of nitrogens with one attached hydrogen (secondary N) is 2. The summed E-state index contributed by atoms with van der Waals surface area (Å²) in [5.74, 6) is 0.818. The van der Waals surface area contributed by atoms with Gasteiger partial charge < -0.3 is 14.7 Å². The smallest absolute Gasteiger partial charge is 0.190 e.